The van der Waals surface area contributed by atoms with E-state index in [-0.39, 0.29) is 6.61 Å². The second-order valence-electron chi connectivity index (χ2n) is 4.51. The van der Waals surface area contributed by atoms with Crippen LogP contribution in [0.5, 0.6) is 0 Å². The van der Waals surface area contributed by atoms with Crippen LogP contribution in [0, 0.1) is 24.4 Å². The van der Waals surface area contributed by atoms with Gasteiger partial charge in [-0.15, -0.1) is 6.42 Å². The minimum atomic E-state index is -0.398. The zero-order valence-corrected chi connectivity index (χ0v) is 13.0. The lowest BCUT2D eigenvalue weighted by Crippen LogP contribution is -2.00. The van der Waals surface area contributed by atoms with Gasteiger partial charge in [-0.25, -0.2) is 4.79 Å². The number of terminal acetylenes is 1. The van der Waals surface area contributed by atoms with E-state index in [0.29, 0.717) is 6.61 Å². The largest absolute Gasteiger partial charge is 0.449 e. The maximum Gasteiger partial charge on any atom is 0.331 e. The van der Waals surface area contributed by atoms with Gasteiger partial charge in [0.05, 0.1) is 0 Å². The third-order valence-electron chi connectivity index (χ3n) is 2.57. The Kier molecular flexibility index (Phi) is 12.8. The van der Waals surface area contributed by atoms with Crippen molar-refractivity contribution in [3.63, 3.8) is 0 Å². The number of carbonyl (C=O) groups excluding carboxylic acids is 1. The average molecular weight is 288 g/mol. The molecule has 0 atom stereocenters. The molecule has 0 aromatic heterocycles. The fourth-order valence-electron chi connectivity index (χ4n) is 1.57. The van der Waals surface area contributed by atoms with Gasteiger partial charge in [-0.3, -0.25) is 0 Å². The number of hydrogen-bond donors (Lipinski definition) is 0. The SMILES string of the molecule is C#CCOC(=O)C=C(C)C=CCCCCCCOC#CC. The number of allylic oxidation sites excluding steroid dienone is 3. The van der Waals surface area contributed by atoms with Crippen LogP contribution in [0.1, 0.15) is 46.0 Å². The Morgan fingerprint density at radius 3 is 2.71 bits per heavy atom. The molecular weight excluding hydrogens is 264 g/mol. The van der Waals surface area contributed by atoms with Crippen LogP contribution in [0.15, 0.2) is 23.8 Å². The zero-order chi connectivity index (χ0) is 15.8. The van der Waals surface area contributed by atoms with Crippen LogP contribution in [0.25, 0.3) is 0 Å². The van der Waals surface area contributed by atoms with Crippen molar-refractivity contribution in [1.82, 2.24) is 0 Å². The minimum Gasteiger partial charge on any atom is -0.449 e. The molecule has 0 radical (unpaired) electrons. The predicted molar refractivity (Wildman–Crippen MR) is 85.2 cm³/mol. The Hall–Kier alpha value is -2.13. The molecule has 0 N–H and O–H groups in total. The van der Waals surface area contributed by atoms with Gasteiger partial charge in [0.15, 0.2) is 6.61 Å². The van der Waals surface area contributed by atoms with Crippen LogP contribution in [0.2, 0.25) is 0 Å². The molecule has 0 unspecified atom stereocenters. The monoisotopic (exact) mass is 288 g/mol. The molecule has 0 aliphatic rings. The van der Waals surface area contributed by atoms with Gasteiger partial charge >= 0.3 is 5.97 Å². The van der Waals surface area contributed by atoms with Crippen LogP contribution in [0.3, 0.4) is 0 Å². The molecule has 3 heteroatoms. The quantitative estimate of drug-likeness (QED) is 0.202. The van der Waals surface area contributed by atoms with E-state index >= 15 is 0 Å². The number of esters is 1. The summed E-state index contributed by atoms with van der Waals surface area (Å²) in [5.74, 6) is 4.55. The standard InChI is InChI=1S/C18H24O3/c1-4-13-20-15-11-9-7-6-8-10-12-17(3)16-18(19)21-14-5-2/h2,10,12,16H,6-9,11,14-15H2,1,3H3. The highest BCUT2D eigenvalue weighted by molar-refractivity contribution is 5.83. The molecule has 0 saturated carbocycles. The third-order valence-corrected chi connectivity index (χ3v) is 2.57. The van der Waals surface area contributed by atoms with E-state index in [0.717, 1.165) is 31.3 Å². The van der Waals surface area contributed by atoms with Crippen molar-refractivity contribution >= 4 is 5.97 Å². The first kappa shape index (κ1) is 18.9. The topological polar surface area (TPSA) is 35.5 Å². The fourth-order valence-corrected chi connectivity index (χ4v) is 1.57. The smallest absolute Gasteiger partial charge is 0.331 e. The lowest BCUT2D eigenvalue weighted by molar-refractivity contribution is -0.136. The molecule has 21 heavy (non-hydrogen) atoms. The molecule has 114 valence electrons. The molecule has 0 aromatic carbocycles. The van der Waals surface area contributed by atoms with E-state index in [4.69, 9.17) is 15.9 Å². The molecule has 0 spiro atoms. The number of hydrogen-bond acceptors (Lipinski definition) is 3. The van der Waals surface area contributed by atoms with Gasteiger partial charge < -0.3 is 9.47 Å². The van der Waals surface area contributed by atoms with Crippen molar-refractivity contribution in [1.29, 1.82) is 0 Å². The van der Waals surface area contributed by atoms with Crippen molar-refractivity contribution < 1.29 is 14.3 Å². The van der Waals surface area contributed by atoms with Gasteiger partial charge in [0, 0.05) is 13.0 Å². The maximum absolute atomic E-state index is 11.2. The summed E-state index contributed by atoms with van der Waals surface area (Å²) >= 11 is 0. The number of carbonyl (C=O) groups is 1. The first-order chi connectivity index (χ1) is 10.2. The van der Waals surface area contributed by atoms with Crippen molar-refractivity contribution in [2.24, 2.45) is 0 Å². The number of unbranched alkanes of at least 4 members (excludes halogenated alkanes) is 4. The maximum atomic E-state index is 11.2. The van der Waals surface area contributed by atoms with Crippen LogP contribution in [-0.2, 0) is 14.3 Å². The Morgan fingerprint density at radius 2 is 2.00 bits per heavy atom. The van der Waals surface area contributed by atoms with Crippen molar-refractivity contribution in [2.75, 3.05) is 13.2 Å². The molecule has 0 aliphatic heterocycles. The van der Waals surface area contributed by atoms with Gasteiger partial charge in [0.1, 0.15) is 12.7 Å². The lowest BCUT2D eigenvalue weighted by Gasteiger charge is -1.99. The first-order valence-corrected chi connectivity index (χ1v) is 7.19. The third kappa shape index (κ3) is 14.1. The normalized spacial score (nSPS) is 10.6. The summed E-state index contributed by atoms with van der Waals surface area (Å²) in [5, 5.41) is 0. The van der Waals surface area contributed by atoms with E-state index in [1.54, 1.807) is 6.92 Å². The van der Waals surface area contributed by atoms with Crippen molar-refractivity contribution in [2.45, 2.75) is 46.0 Å². The lowest BCUT2D eigenvalue weighted by atomic mass is 10.1. The Bertz CT molecular complexity index is 441. The Morgan fingerprint density at radius 1 is 1.24 bits per heavy atom. The van der Waals surface area contributed by atoms with E-state index in [1.807, 2.05) is 13.0 Å². The molecule has 3 nitrogen and oxygen atoms in total. The first-order valence-electron chi connectivity index (χ1n) is 7.19. The van der Waals surface area contributed by atoms with Crippen molar-refractivity contribution in [3.8, 4) is 24.4 Å². The summed E-state index contributed by atoms with van der Waals surface area (Å²) in [6.45, 7) is 4.34. The second-order valence-corrected chi connectivity index (χ2v) is 4.51. The van der Waals surface area contributed by atoms with Gasteiger partial charge in [0.2, 0.25) is 0 Å². The molecule has 0 saturated heterocycles. The summed E-state index contributed by atoms with van der Waals surface area (Å²) in [6, 6.07) is 0. The van der Waals surface area contributed by atoms with Crippen LogP contribution in [0.4, 0.5) is 0 Å². The molecule has 0 aromatic rings. The highest BCUT2D eigenvalue weighted by atomic mass is 16.5. The molecule has 0 bridgehead atoms. The molecule has 0 heterocycles. The van der Waals surface area contributed by atoms with Crippen molar-refractivity contribution in [3.05, 3.63) is 23.8 Å². The molecule has 0 amide bonds. The molecular formula is C18H24O3. The van der Waals surface area contributed by atoms with Gasteiger partial charge in [-0.2, -0.15) is 0 Å². The zero-order valence-electron chi connectivity index (χ0n) is 13.0. The van der Waals surface area contributed by atoms with E-state index in [9.17, 15) is 4.79 Å². The fraction of sp³-hybridized carbons (Fsp3) is 0.500. The van der Waals surface area contributed by atoms with Crippen LogP contribution < -0.4 is 0 Å². The predicted octanol–water partition coefficient (Wildman–Crippen LogP) is 3.61. The van der Waals surface area contributed by atoms with E-state index in [1.165, 1.54) is 12.5 Å². The summed E-state index contributed by atoms with van der Waals surface area (Å²) in [6.07, 6.45) is 18.5. The minimum absolute atomic E-state index is 0.0138. The Labute approximate surface area is 128 Å². The average Bonchev–Trinajstić information content (AvgIpc) is 2.47. The molecule has 0 rings (SSSR count). The summed E-state index contributed by atoms with van der Waals surface area (Å²) in [5.41, 5.74) is 0.864. The number of rotatable bonds is 10. The van der Waals surface area contributed by atoms with Gasteiger partial charge in [0.25, 0.3) is 0 Å². The molecule has 0 aliphatic carbocycles. The van der Waals surface area contributed by atoms with Crippen LogP contribution in [-0.4, -0.2) is 19.2 Å². The highest BCUT2D eigenvalue weighted by Gasteiger charge is 1.95. The van der Waals surface area contributed by atoms with Gasteiger partial charge in [-0.05, 0) is 31.8 Å². The van der Waals surface area contributed by atoms with Crippen LogP contribution >= 0.6 is 0 Å². The summed E-state index contributed by atoms with van der Waals surface area (Å²) < 4.78 is 9.82. The Balaban J connectivity index is 3.62. The van der Waals surface area contributed by atoms with E-state index in [2.05, 4.69) is 24.0 Å². The van der Waals surface area contributed by atoms with Gasteiger partial charge in [-0.1, -0.05) is 36.8 Å². The second kappa shape index (κ2) is 14.3. The summed E-state index contributed by atoms with van der Waals surface area (Å²) in [7, 11) is 0. The number of ether oxygens (including phenoxy) is 2. The molecule has 0 fully saturated rings. The van der Waals surface area contributed by atoms with E-state index < -0.39 is 5.97 Å². The summed E-state index contributed by atoms with van der Waals surface area (Å²) in [4.78, 5) is 11.2. The highest BCUT2D eigenvalue weighted by Crippen LogP contribution is 2.05.